The molecule has 1 aromatic heterocycles. The Morgan fingerprint density at radius 3 is 2.17 bits per heavy atom. The number of benzene rings is 2. The van der Waals surface area contributed by atoms with E-state index in [9.17, 15) is 0 Å². The van der Waals surface area contributed by atoms with Crippen molar-refractivity contribution >= 4 is 0 Å². The molecule has 1 aliphatic rings. The third-order valence-corrected chi connectivity index (χ3v) is 4.99. The Labute approximate surface area is 143 Å². The molecule has 0 radical (unpaired) electrons. The first-order valence-electron chi connectivity index (χ1n) is 8.62. The summed E-state index contributed by atoms with van der Waals surface area (Å²) in [6, 6.07) is 22.1. The molecule has 24 heavy (non-hydrogen) atoms. The van der Waals surface area contributed by atoms with Crippen LogP contribution in [0.2, 0.25) is 0 Å². The fraction of sp³-hybridized carbons (Fsp3) is 0.227. The van der Waals surface area contributed by atoms with E-state index in [-0.39, 0.29) is 0 Å². The Kier molecular flexibility index (Phi) is 4.14. The van der Waals surface area contributed by atoms with Gasteiger partial charge in [-0.2, -0.15) is 0 Å². The van der Waals surface area contributed by atoms with Gasteiger partial charge in [0.25, 0.3) is 0 Å². The maximum atomic E-state index is 4.49. The Morgan fingerprint density at radius 1 is 0.833 bits per heavy atom. The first kappa shape index (κ1) is 15.1. The second-order valence-corrected chi connectivity index (χ2v) is 6.59. The number of likely N-dealkylation sites (tertiary alicyclic amines) is 1. The molecule has 2 heteroatoms. The molecule has 0 N–H and O–H groups in total. The standard InChI is InChI=1S/C22H22N2/c1-24-13-5-8-22(24)21-14-20(15-23-16-21)19-11-9-18(10-12-19)17-6-3-2-4-7-17/h2-4,6-7,9-12,14-16,22H,5,8,13H2,1H3. The minimum atomic E-state index is 0.515. The van der Waals surface area contributed by atoms with Crippen LogP contribution in [0.4, 0.5) is 0 Å². The molecule has 0 bridgehead atoms. The van der Waals surface area contributed by atoms with Crippen molar-refractivity contribution in [3.63, 3.8) is 0 Å². The molecular formula is C22H22N2. The van der Waals surface area contributed by atoms with Gasteiger partial charge in [0, 0.05) is 24.0 Å². The van der Waals surface area contributed by atoms with Crippen molar-refractivity contribution in [2.24, 2.45) is 0 Å². The van der Waals surface area contributed by atoms with Crippen LogP contribution in [-0.4, -0.2) is 23.5 Å². The van der Waals surface area contributed by atoms with Crippen molar-refractivity contribution in [2.45, 2.75) is 18.9 Å². The summed E-state index contributed by atoms with van der Waals surface area (Å²) < 4.78 is 0. The maximum absolute atomic E-state index is 4.49. The zero-order chi connectivity index (χ0) is 16.4. The van der Waals surface area contributed by atoms with Crippen LogP contribution >= 0.6 is 0 Å². The number of hydrogen-bond donors (Lipinski definition) is 0. The molecule has 1 aliphatic heterocycles. The zero-order valence-corrected chi connectivity index (χ0v) is 14.0. The number of nitrogens with zero attached hydrogens (tertiary/aromatic N) is 2. The molecule has 3 aromatic rings. The van der Waals surface area contributed by atoms with E-state index in [0.29, 0.717) is 6.04 Å². The molecule has 1 saturated heterocycles. The highest BCUT2D eigenvalue weighted by Gasteiger charge is 2.22. The Hall–Kier alpha value is -2.45. The predicted octanol–water partition coefficient (Wildman–Crippen LogP) is 5.18. The molecule has 0 amide bonds. The molecule has 2 aromatic carbocycles. The van der Waals surface area contributed by atoms with Gasteiger partial charge in [0.1, 0.15) is 0 Å². The highest BCUT2D eigenvalue weighted by molar-refractivity contribution is 5.70. The van der Waals surface area contributed by atoms with E-state index in [2.05, 4.69) is 77.6 Å². The van der Waals surface area contributed by atoms with Crippen LogP contribution in [0.5, 0.6) is 0 Å². The highest BCUT2D eigenvalue weighted by atomic mass is 15.1. The Balaban J connectivity index is 1.62. The van der Waals surface area contributed by atoms with Crippen LogP contribution in [0.25, 0.3) is 22.3 Å². The predicted molar refractivity (Wildman–Crippen MR) is 99.7 cm³/mol. The van der Waals surface area contributed by atoms with E-state index < -0.39 is 0 Å². The van der Waals surface area contributed by atoms with Gasteiger partial charge in [-0.25, -0.2) is 0 Å². The zero-order valence-electron chi connectivity index (χ0n) is 14.0. The van der Waals surface area contributed by atoms with Crippen LogP contribution in [0.15, 0.2) is 73.1 Å². The first-order valence-corrected chi connectivity index (χ1v) is 8.62. The number of aromatic nitrogens is 1. The van der Waals surface area contributed by atoms with Crippen LogP contribution in [0, 0.1) is 0 Å². The number of rotatable bonds is 3. The summed E-state index contributed by atoms with van der Waals surface area (Å²) in [5.74, 6) is 0. The molecule has 1 unspecified atom stereocenters. The van der Waals surface area contributed by atoms with Crippen LogP contribution in [-0.2, 0) is 0 Å². The lowest BCUT2D eigenvalue weighted by Gasteiger charge is -2.20. The summed E-state index contributed by atoms with van der Waals surface area (Å²) in [7, 11) is 2.21. The number of hydrogen-bond acceptors (Lipinski definition) is 2. The summed E-state index contributed by atoms with van der Waals surface area (Å²) in [5.41, 5.74) is 6.26. The van der Waals surface area contributed by atoms with Crippen molar-refractivity contribution in [1.29, 1.82) is 0 Å². The lowest BCUT2D eigenvalue weighted by molar-refractivity contribution is 0.317. The molecular weight excluding hydrogens is 292 g/mol. The minimum absolute atomic E-state index is 0.515. The van der Waals surface area contributed by atoms with E-state index >= 15 is 0 Å². The van der Waals surface area contributed by atoms with Crippen LogP contribution in [0.1, 0.15) is 24.4 Å². The summed E-state index contributed by atoms with van der Waals surface area (Å²) in [5, 5.41) is 0. The van der Waals surface area contributed by atoms with Gasteiger partial charge in [-0.3, -0.25) is 9.88 Å². The largest absolute Gasteiger partial charge is 0.299 e. The van der Waals surface area contributed by atoms with Crippen LogP contribution in [0.3, 0.4) is 0 Å². The second kappa shape index (κ2) is 6.58. The minimum Gasteiger partial charge on any atom is -0.299 e. The summed E-state index contributed by atoms with van der Waals surface area (Å²) in [6.07, 6.45) is 6.50. The van der Waals surface area contributed by atoms with Crippen molar-refractivity contribution in [1.82, 2.24) is 9.88 Å². The molecule has 2 nitrogen and oxygen atoms in total. The third-order valence-electron chi connectivity index (χ3n) is 4.99. The number of pyridine rings is 1. The molecule has 0 spiro atoms. The van der Waals surface area contributed by atoms with Crippen molar-refractivity contribution in [3.05, 3.63) is 78.6 Å². The molecule has 1 fully saturated rings. The average molecular weight is 314 g/mol. The van der Waals surface area contributed by atoms with E-state index in [0.717, 1.165) is 0 Å². The van der Waals surface area contributed by atoms with Crippen molar-refractivity contribution < 1.29 is 0 Å². The molecule has 4 rings (SSSR count). The monoisotopic (exact) mass is 314 g/mol. The summed E-state index contributed by atoms with van der Waals surface area (Å²) in [4.78, 5) is 6.92. The van der Waals surface area contributed by atoms with Gasteiger partial charge in [-0.15, -0.1) is 0 Å². The second-order valence-electron chi connectivity index (χ2n) is 6.59. The highest BCUT2D eigenvalue weighted by Crippen LogP contribution is 2.32. The van der Waals surface area contributed by atoms with Gasteiger partial charge in [-0.1, -0.05) is 54.6 Å². The average Bonchev–Trinajstić information content (AvgIpc) is 3.09. The summed E-state index contributed by atoms with van der Waals surface area (Å²) in [6.45, 7) is 1.18. The van der Waals surface area contributed by atoms with E-state index in [1.807, 2.05) is 12.4 Å². The molecule has 1 atom stereocenters. The van der Waals surface area contributed by atoms with Gasteiger partial charge < -0.3 is 0 Å². The molecule has 0 aliphatic carbocycles. The maximum Gasteiger partial charge on any atom is 0.0361 e. The lowest BCUT2D eigenvalue weighted by Crippen LogP contribution is -2.17. The van der Waals surface area contributed by atoms with Crippen molar-refractivity contribution in [3.8, 4) is 22.3 Å². The van der Waals surface area contributed by atoms with E-state index in [4.69, 9.17) is 0 Å². The van der Waals surface area contributed by atoms with Crippen molar-refractivity contribution in [2.75, 3.05) is 13.6 Å². The van der Waals surface area contributed by atoms with Gasteiger partial charge in [-0.05, 0) is 54.8 Å². The SMILES string of the molecule is CN1CCCC1c1cncc(-c2ccc(-c3ccccc3)cc2)c1. The smallest absolute Gasteiger partial charge is 0.0361 e. The fourth-order valence-electron chi connectivity index (χ4n) is 3.61. The first-order chi connectivity index (χ1) is 11.8. The van der Waals surface area contributed by atoms with Gasteiger partial charge >= 0.3 is 0 Å². The summed E-state index contributed by atoms with van der Waals surface area (Å²) >= 11 is 0. The lowest BCUT2D eigenvalue weighted by atomic mass is 9.99. The van der Waals surface area contributed by atoms with E-state index in [1.54, 1.807) is 0 Å². The van der Waals surface area contributed by atoms with Gasteiger partial charge in [0.05, 0.1) is 0 Å². The quantitative estimate of drug-likeness (QED) is 0.662. The molecule has 0 saturated carbocycles. The van der Waals surface area contributed by atoms with Gasteiger partial charge in [0.15, 0.2) is 0 Å². The van der Waals surface area contributed by atoms with Crippen LogP contribution < -0.4 is 0 Å². The fourth-order valence-corrected chi connectivity index (χ4v) is 3.61. The topological polar surface area (TPSA) is 16.1 Å². The normalized spacial score (nSPS) is 18.0. The molecule has 120 valence electrons. The third kappa shape index (κ3) is 2.98. The molecule has 2 heterocycles. The van der Waals surface area contributed by atoms with E-state index in [1.165, 1.54) is 47.2 Å². The van der Waals surface area contributed by atoms with Gasteiger partial charge in [0.2, 0.25) is 0 Å². The Bertz CT molecular complexity index is 809. The Morgan fingerprint density at radius 2 is 1.50 bits per heavy atom.